The molecule has 1 fully saturated rings. The molecule has 0 spiro atoms. The Balaban J connectivity index is 2.50. The lowest BCUT2D eigenvalue weighted by Crippen LogP contribution is -2.47. The zero-order valence-corrected chi connectivity index (χ0v) is 10.8. The summed E-state index contributed by atoms with van der Waals surface area (Å²) in [5.74, 6) is -1.66. The van der Waals surface area contributed by atoms with Crippen molar-refractivity contribution in [3.05, 3.63) is 0 Å². The van der Waals surface area contributed by atoms with Crippen LogP contribution < -0.4 is 5.32 Å². The van der Waals surface area contributed by atoms with Crippen LogP contribution in [0.3, 0.4) is 0 Å². The van der Waals surface area contributed by atoms with Crippen molar-refractivity contribution >= 4 is 17.8 Å². The molecular weight excluding hydrogens is 236 g/mol. The highest BCUT2D eigenvalue weighted by atomic mass is 16.4. The normalized spacial score (nSPS) is 19.7. The molecule has 1 heterocycles. The van der Waals surface area contributed by atoms with Crippen LogP contribution in [0.5, 0.6) is 0 Å². The number of aliphatic carboxylic acids is 1. The van der Waals surface area contributed by atoms with Crippen LogP contribution >= 0.6 is 0 Å². The van der Waals surface area contributed by atoms with Crippen LogP contribution in [0.2, 0.25) is 0 Å². The second-order valence-corrected chi connectivity index (χ2v) is 4.89. The molecule has 18 heavy (non-hydrogen) atoms. The number of carboxylic acids is 1. The van der Waals surface area contributed by atoms with E-state index in [0.29, 0.717) is 19.5 Å². The Morgan fingerprint density at radius 2 is 2.06 bits per heavy atom. The summed E-state index contributed by atoms with van der Waals surface area (Å²) in [5.41, 5.74) is 0. The van der Waals surface area contributed by atoms with E-state index in [1.54, 1.807) is 4.90 Å². The number of piperidine rings is 1. The number of carbonyl (C=O) groups excluding carboxylic acids is 2. The summed E-state index contributed by atoms with van der Waals surface area (Å²) in [6, 6.07) is 0. The van der Waals surface area contributed by atoms with E-state index >= 15 is 0 Å². The minimum absolute atomic E-state index is 0.0470. The highest BCUT2D eigenvalue weighted by Crippen LogP contribution is 2.18. The number of nitrogens with zero attached hydrogens (tertiary/aromatic N) is 1. The van der Waals surface area contributed by atoms with Gasteiger partial charge in [-0.15, -0.1) is 0 Å². The predicted molar refractivity (Wildman–Crippen MR) is 64.8 cm³/mol. The van der Waals surface area contributed by atoms with Crippen LogP contribution in [0.25, 0.3) is 0 Å². The molecule has 2 N–H and O–H groups in total. The second kappa shape index (κ2) is 6.37. The quantitative estimate of drug-likeness (QED) is 0.746. The zero-order chi connectivity index (χ0) is 13.7. The van der Waals surface area contributed by atoms with Crippen molar-refractivity contribution in [3.8, 4) is 0 Å². The molecule has 102 valence electrons. The van der Waals surface area contributed by atoms with E-state index in [4.69, 9.17) is 5.11 Å². The Bertz CT molecular complexity index is 341. The van der Waals surface area contributed by atoms with E-state index in [9.17, 15) is 14.4 Å². The Morgan fingerprint density at radius 3 is 2.61 bits per heavy atom. The lowest BCUT2D eigenvalue weighted by atomic mass is 9.96. The van der Waals surface area contributed by atoms with Gasteiger partial charge in [-0.1, -0.05) is 13.8 Å². The Morgan fingerprint density at radius 1 is 1.39 bits per heavy atom. The van der Waals surface area contributed by atoms with Crippen LogP contribution in [0.1, 0.15) is 26.7 Å². The molecule has 1 atom stereocenters. The number of rotatable bonds is 4. The topological polar surface area (TPSA) is 86.7 Å². The summed E-state index contributed by atoms with van der Waals surface area (Å²) >= 11 is 0. The van der Waals surface area contributed by atoms with E-state index in [0.717, 1.165) is 6.42 Å². The van der Waals surface area contributed by atoms with Crippen LogP contribution in [0.15, 0.2) is 0 Å². The van der Waals surface area contributed by atoms with Crippen molar-refractivity contribution in [2.75, 3.05) is 19.6 Å². The summed E-state index contributed by atoms with van der Waals surface area (Å²) in [6.45, 7) is 4.36. The van der Waals surface area contributed by atoms with Gasteiger partial charge in [-0.25, -0.2) is 0 Å². The highest BCUT2D eigenvalue weighted by Gasteiger charge is 2.29. The average Bonchev–Trinajstić information content (AvgIpc) is 2.34. The van der Waals surface area contributed by atoms with Gasteiger partial charge >= 0.3 is 5.97 Å². The number of hydrogen-bond acceptors (Lipinski definition) is 3. The number of amides is 2. The minimum atomic E-state index is -1.06. The van der Waals surface area contributed by atoms with Crippen molar-refractivity contribution in [2.45, 2.75) is 26.7 Å². The Hall–Kier alpha value is -1.59. The maximum Gasteiger partial charge on any atom is 0.322 e. The number of hydrogen-bond donors (Lipinski definition) is 2. The molecule has 0 aromatic rings. The smallest absolute Gasteiger partial charge is 0.322 e. The van der Waals surface area contributed by atoms with E-state index in [2.05, 4.69) is 5.32 Å². The van der Waals surface area contributed by atoms with Gasteiger partial charge < -0.3 is 15.3 Å². The summed E-state index contributed by atoms with van der Waals surface area (Å²) in [6.07, 6.45) is 1.48. The molecule has 0 radical (unpaired) electrons. The molecule has 0 aromatic heterocycles. The molecule has 6 nitrogen and oxygen atoms in total. The maximum absolute atomic E-state index is 11.8. The summed E-state index contributed by atoms with van der Waals surface area (Å²) in [4.78, 5) is 35.6. The van der Waals surface area contributed by atoms with Gasteiger partial charge in [-0.2, -0.15) is 0 Å². The molecule has 1 saturated heterocycles. The first-order chi connectivity index (χ1) is 8.41. The van der Waals surface area contributed by atoms with E-state index in [1.165, 1.54) is 0 Å². The van der Waals surface area contributed by atoms with Gasteiger partial charge in [0, 0.05) is 19.0 Å². The molecule has 1 rings (SSSR count). The molecule has 1 aliphatic rings. The first-order valence-electron chi connectivity index (χ1n) is 6.20. The zero-order valence-electron chi connectivity index (χ0n) is 10.8. The van der Waals surface area contributed by atoms with Crippen LogP contribution in [-0.2, 0) is 14.4 Å². The molecule has 1 aliphatic heterocycles. The number of nitrogens with one attached hydrogen (secondary N) is 1. The van der Waals surface area contributed by atoms with Crippen molar-refractivity contribution in [1.82, 2.24) is 10.2 Å². The number of carbonyl (C=O) groups is 3. The summed E-state index contributed by atoms with van der Waals surface area (Å²) in [7, 11) is 0. The maximum atomic E-state index is 11.8. The van der Waals surface area contributed by atoms with Crippen molar-refractivity contribution in [3.63, 3.8) is 0 Å². The number of carboxylic acid groups (broad SMARTS) is 1. The lowest BCUT2D eigenvalue weighted by molar-refractivity contribution is -0.141. The monoisotopic (exact) mass is 256 g/mol. The third-order valence-electron chi connectivity index (χ3n) is 3.01. The molecule has 0 aliphatic carbocycles. The van der Waals surface area contributed by atoms with Gasteiger partial charge in [0.15, 0.2) is 0 Å². The largest absolute Gasteiger partial charge is 0.480 e. The lowest BCUT2D eigenvalue weighted by Gasteiger charge is -2.33. The molecule has 0 aromatic carbocycles. The molecule has 2 amide bonds. The molecule has 6 heteroatoms. The first kappa shape index (κ1) is 14.5. The Kier molecular flexibility index (Phi) is 5.12. The molecule has 0 bridgehead atoms. The van der Waals surface area contributed by atoms with Gasteiger partial charge in [0.1, 0.15) is 6.54 Å². The Labute approximate surface area is 106 Å². The fourth-order valence-corrected chi connectivity index (χ4v) is 2.06. The fourth-order valence-electron chi connectivity index (χ4n) is 2.06. The molecular formula is C12H20N2O4. The van der Waals surface area contributed by atoms with E-state index in [1.807, 2.05) is 13.8 Å². The third-order valence-corrected chi connectivity index (χ3v) is 3.01. The molecule has 0 saturated carbocycles. The average molecular weight is 256 g/mol. The van der Waals surface area contributed by atoms with Gasteiger partial charge in [0.25, 0.3) is 0 Å². The fraction of sp³-hybridized carbons (Fsp3) is 0.750. The van der Waals surface area contributed by atoms with Crippen molar-refractivity contribution in [2.24, 2.45) is 11.8 Å². The van der Waals surface area contributed by atoms with Crippen LogP contribution in [-0.4, -0.2) is 47.4 Å². The van der Waals surface area contributed by atoms with Gasteiger partial charge in [-0.3, -0.25) is 14.4 Å². The second-order valence-electron chi connectivity index (χ2n) is 4.89. The van der Waals surface area contributed by atoms with E-state index < -0.39 is 5.97 Å². The van der Waals surface area contributed by atoms with Crippen LogP contribution in [0.4, 0.5) is 0 Å². The standard InChI is InChI=1S/C12H20N2O4/c1-8(2)12(18)14-5-3-4-9(7-14)11(17)13-6-10(15)16/h8-9H,3-7H2,1-2H3,(H,13,17)(H,15,16). The van der Waals surface area contributed by atoms with Gasteiger partial charge in [0.2, 0.25) is 11.8 Å². The number of likely N-dealkylation sites (tertiary alicyclic amines) is 1. The first-order valence-corrected chi connectivity index (χ1v) is 6.20. The SMILES string of the molecule is CC(C)C(=O)N1CCCC(C(=O)NCC(=O)O)C1. The van der Waals surface area contributed by atoms with Crippen LogP contribution in [0, 0.1) is 11.8 Å². The summed E-state index contributed by atoms with van der Waals surface area (Å²) < 4.78 is 0. The molecule has 1 unspecified atom stereocenters. The van der Waals surface area contributed by atoms with Gasteiger partial charge in [-0.05, 0) is 12.8 Å². The van der Waals surface area contributed by atoms with Crippen molar-refractivity contribution in [1.29, 1.82) is 0 Å². The highest BCUT2D eigenvalue weighted by molar-refractivity contribution is 5.84. The minimum Gasteiger partial charge on any atom is -0.480 e. The third kappa shape index (κ3) is 4.01. The van der Waals surface area contributed by atoms with Gasteiger partial charge in [0.05, 0.1) is 5.92 Å². The van der Waals surface area contributed by atoms with E-state index in [-0.39, 0.29) is 30.2 Å². The van der Waals surface area contributed by atoms with Crippen molar-refractivity contribution < 1.29 is 19.5 Å². The summed E-state index contributed by atoms with van der Waals surface area (Å²) in [5, 5.41) is 10.9. The predicted octanol–water partition coefficient (Wildman–Crippen LogP) is 0.0818.